The minimum Gasteiger partial charge on any atom is -0.396 e. The Bertz CT molecular complexity index is 735. The number of nitrogens with one attached hydrogen (secondary N) is 1. The summed E-state index contributed by atoms with van der Waals surface area (Å²) < 4.78 is 0. The number of aliphatic hydroxyl groups is 1. The molecule has 2 N–H and O–H groups in total. The van der Waals surface area contributed by atoms with Crippen molar-refractivity contribution in [3.8, 4) is 0 Å². The van der Waals surface area contributed by atoms with Crippen LogP contribution in [0.5, 0.6) is 0 Å². The van der Waals surface area contributed by atoms with Crippen LogP contribution in [0.4, 0.5) is 11.4 Å². The number of hydrogen-bond acceptors (Lipinski definition) is 5. The minimum atomic E-state index is -0.108. The first-order valence-electron chi connectivity index (χ1n) is 8.26. The van der Waals surface area contributed by atoms with Gasteiger partial charge >= 0.3 is 0 Å². The van der Waals surface area contributed by atoms with E-state index in [0.29, 0.717) is 12.1 Å². The molecule has 24 heavy (non-hydrogen) atoms. The van der Waals surface area contributed by atoms with E-state index in [1.807, 2.05) is 53.1 Å². The molecular formula is C18H22N4O2. The number of carbonyl (C=O) groups is 1. The molecule has 0 bridgehead atoms. The number of benzene rings is 1. The zero-order chi connectivity index (χ0) is 17.1. The molecule has 1 saturated carbocycles. The second-order valence-corrected chi connectivity index (χ2v) is 7.09. The monoisotopic (exact) mass is 326 g/mol. The lowest BCUT2D eigenvalue weighted by Crippen LogP contribution is -2.34. The van der Waals surface area contributed by atoms with Crippen molar-refractivity contribution in [1.82, 2.24) is 4.90 Å². The van der Waals surface area contributed by atoms with Gasteiger partial charge in [-0.3, -0.25) is 10.2 Å². The first-order chi connectivity index (χ1) is 11.5. The number of rotatable bonds is 3. The smallest absolute Gasteiger partial charge is 0.189 e. The van der Waals surface area contributed by atoms with Crippen LogP contribution in [0.1, 0.15) is 12.8 Å². The molecule has 2 heterocycles. The lowest BCUT2D eigenvalue weighted by Gasteiger charge is -2.24. The van der Waals surface area contributed by atoms with Crippen LogP contribution in [0, 0.1) is 10.8 Å². The minimum absolute atomic E-state index is 0.0183. The molecule has 4 rings (SSSR count). The average Bonchev–Trinajstić information content (AvgIpc) is 3.25. The summed E-state index contributed by atoms with van der Waals surface area (Å²) in [5, 5.41) is 18.1. The third-order valence-electron chi connectivity index (χ3n) is 5.45. The maximum atomic E-state index is 12.7. The molecule has 0 aromatic heterocycles. The van der Waals surface area contributed by atoms with Crippen molar-refractivity contribution >= 4 is 23.0 Å². The maximum absolute atomic E-state index is 12.7. The van der Waals surface area contributed by atoms with Crippen LogP contribution in [0.3, 0.4) is 0 Å². The molecule has 3 aliphatic rings. The number of carbonyl (C=O) groups excluding carboxylic acids is 1. The van der Waals surface area contributed by atoms with Gasteiger partial charge in [-0.15, -0.1) is 0 Å². The number of likely N-dealkylation sites (tertiary alicyclic amines) is 1. The van der Waals surface area contributed by atoms with Crippen LogP contribution >= 0.6 is 0 Å². The van der Waals surface area contributed by atoms with Gasteiger partial charge in [0.05, 0.1) is 24.5 Å². The molecule has 6 heteroatoms. The summed E-state index contributed by atoms with van der Waals surface area (Å²) in [5.74, 6) is 1.03. The molecule has 6 nitrogen and oxygen atoms in total. The molecule has 0 unspecified atom stereocenters. The summed E-state index contributed by atoms with van der Waals surface area (Å²) in [6.45, 7) is 0.949. The van der Waals surface area contributed by atoms with E-state index in [9.17, 15) is 9.90 Å². The van der Waals surface area contributed by atoms with E-state index < -0.39 is 0 Å². The van der Waals surface area contributed by atoms with E-state index in [0.717, 1.165) is 30.0 Å². The van der Waals surface area contributed by atoms with Crippen molar-refractivity contribution in [2.45, 2.75) is 12.8 Å². The van der Waals surface area contributed by atoms with Gasteiger partial charge in [-0.2, -0.15) is 0 Å². The highest BCUT2D eigenvalue weighted by molar-refractivity contribution is 6.27. The van der Waals surface area contributed by atoms with Crippen LogP contribution in [-0.2, 0) is 4.79 Å². The van der Waals surface area contributed by atoms with Crippen molar-refractivity contribution in [3.05, 3.63) is 35.7 Å². The van der Waals surface area contributed by atoms with Gasteiger partial charge in [-0.25, -0.2) is 0 Å². The molecule has 1 aliphatic carbocycles. The molecule has 0 radical (unpaired) electrons. The molecule has 0 amide bonds. The Labute approximate surface area is 141 Å². The lowest BCUT2D eigenvalue weighted by molar-refractivity contribution is -0.114. The number of ketones is 1. The van der Waals surface area contributed by atoms with Gasteiger partial charge in [-0.05, 0) is 25.0 Å². The summed E-state index contributed by atoms with van der Waals surface area (Å²) in [4.78, 5) is 18.5. The largest absolute Gasteiger partial charge is 0.396 e. The molecular weight excluding hydrogens is 304 g/mol. The van der Waals surface area contributed by atoms with Gasteiger partial charge in [0.2, 0.25) is 0 Å². The summed E-state index contributed by atoms with van der Waals surface area (Å²) >= 11 is 0. The number of nitrogens with zero attached hydrogens (tertiary/aromatic N) is 3. The predicted octanol–water partition coefficient (Wildman–Crippen LogP) is 1.42. The summed E-state index contributed by atoms with van der Waals surface area (Å²) in [5.41, 5.74) is 2.44. The zero-order valence-corrected chi connectivity index (χ0v) is 14.0. The first-order valence-corrected chi connectivity index (χ1v) is 8.26. The van der Waals surface area contributed by atoms with Crippen LogP contribution < -0.4 is 9.80 Å². The van der Waals surface area contributed by atoms with Gasteiger partial charge in [0.15, 0.2) is 5.78 Å². The highest BCUT2D eigenvalue weighted by atomic mass is 16.3. The molecule has 0 spiro atoms. The second-order valence-electron chi connectivity index (χ2n) is 7.09. The fourth-order valence-corrected chi connectivity index (χ4v) is 3.76. The number of anilines is 2. The quantitative estimate of drug-likeness (QED) is 0.822. The Kier molecular flexibility index (Phi) is 3.22. The third kappa shape index (κ3) is 2.06. The van der Waals surface area contributed by atoms with E-state index in [2.05, 4.69) is 0 Å². The van der Waals surface area contributed by atoms with E-state index in [4.69, 9.17) is 5.41 Å². The predicted molar refractivity (Wildman–Crippen MR) is 93.3 cm³/mol. The molecule has 1 aromatic rings. The number of para-hydroxylation sites is 2. The van der Waals surface area contributed by atoms with Crippen molar-refractivity contribution in [2.24, 2.45) is 5.41 Å². The number of fused-ring (bicyclic) bond motifs is 1. The lowest BCUT2D eigenvalue weighted by atomic mass is 10.1. The molecule has 2 fully saturated rings. The zero-order valence-electron chi connectivity index (χ0n) is 14.0. The van der Waals surface area contributed by atoms with Crippen molar-refractivity contribution < 1.29 is 9.90 Å². The SMILES string of the molecule is CN1C(=C2C(=N)N(CC3(CO)CC3)CC2=O)N(C)c2ccccc21. The highest BCUT2D eigenvalue weighted by Crippen LogP contribution is 2.47. The van der Waals surface area contributed by atoms with Gasteiger partial charge < -0.3 is 19.8 Å². The van der Waals surface area contributed by atoms with Crippen molar-refractivity contribution in [2.75, 3.05) is 43.6 Å². The molecule has 0 atom stereocenters. The van der Waals surface area contributed by atoms with Crippen molar-refractivity contribution in [1.29, 1.82) is 5.41 Å². The van der Waals surface area contributed by atoms with Crippen molar-refractivity contribution in [3.63, 3.8) is 0 Å². The fraction of sp³-hybridized carbons (Fsp3) is 0.444. The summed E-state index contributed by atoms with van der Waals surface area (Å²) in [6.07, 6.45) is 1.94. The highest BCUT2D eigenvalue weighted by Gasteiger charge is 2.47. The van der Waals surface area contributed by atoms with Crippen LogP contribution in [-0.4, -0.2) is 55.4 Å². The Morgan fingerprint density at radius 2 is 1.75 bits per heavy atom. The Hall–Kier alpha value is -2.34. The van der Waals surface area contributed by atoms with E-state index >= 15 is 0 Å². The number of amidine groups is 1. The normalized spacial score (nSPS) is 21.9. The number of Topliss-reactive ketones (excluding diaryl/α,β-unsaturated/α-hetero) is 1. The Balaban J connectivity index is 1.70. The number of hydrogen-bond donors (Lipinski definition) is 2. The molecule has 126 valence electrons. The van der Waals surface area contributed by atoms with Gasteiger partial charge in [-0.1, -0.05) is 12.1 Å². The number of aliphatic hydroxyl groups excluding tert-OH is 1. The fourth-order valence-electron chi connectivity index (χ4n) is 3.76. The van der Waals surface area contributed by atoms with E-state index in [-0.39, 0.29) is 30.2 Å². The first kappa shape index (κ1) is 15.2. The van der Waals surface area contributed by atoms with Crippen LogP contribution in [0.25, 0.3) is 0 Å². The van der Waals surface area contributed by atoms with Gasteiger partial charge in [0.25, 0.3) is 0 Å². The third-order valence-corrected chi connectivity index (χ3v) is 5.45. The molecule has 1 aromatic carbocycles. The maximum Gasteiger partial charge on any atom is 0.189 e. The average molecular weight is 326 g/mol. The Morgan fingerprint density at radius 3 is 2.25 bits per heavy atom. The topological polar surface area (TPSA) is 70.9 Å². The van der Waals surface area contributed by atoms with Gasteiger partial charge in [0.1, 0.15) is 17.2 Å². The molecule has 1 saturated heterocycles. The second kappa shape index (κ2) is 5.08. The molecule has 2 aliphatic heterocycles. The van der Waals surface area contributed by atoms with Crippen LogP contribution in [0.2, 0.25) is 0 Å². The summed E-state index contributed by atoms with van der Waals surface area (Å²) in [6, 6.07) is 7.99. The van der Waals surface area contributed by atoms with Crippen LogP contribution in [0.15, 0.2) is 35.7 Å². The standard InChI is InChI=1S/C18H22N4O2/c1-20-12-5-3-4-6-13(12)21(2)17(20)15-14(24)9-22(16(15)19)10-18(11-23)7-8-18/h3-6,19,23H,7-11H2,1-2H3. The summed E-state index contributed by atoms with van der Waals surface area (Å²) in [7, 11) is 3.87. The Morgan fingerprint density at radius 1 is 1.17 bits per heavy atom. The van der Waals surface area contributed by atoms with E-state index in [1.54, 1.807) is 0 Å². The van der Waals surface area contributed by atoms with Gasteiger partial charge in [0, 0.05) is 26.1 Å². The van der Waals surface area contributed by atoms with E-state index in [1.165, 1.54) is 0 Å².